The van der Waals surface area contributed by atoms with E-state index in [9.17, 15) is 0 Å². The van der Waals surface area contributed by atoms with E-state index in [0.29, 0.717) is 0 Å². The van der Waals surface area contributed by atoms with Gasteiger partial charge in [0.25, 0.3) is 0 Å². The number of hydrogen-bond donors (Lipinski definition) is 1. The molecule has 0 aromatic heterocycles. The van der Waals surface area contributed by atoms with Crippen LogP contribution in [0, 0.1) is 0 Å². The molecule has 0 heterocycles. The minimum atomic E-state index is 0.718. The Morgan fingerprint density at radius 2 is 1.58 bits per heavy atom. The maximum Gasteiger partial charge on any atom is 0.119 e. The number of anilines is 1. The molecule has 1 N–H and O–H groups in total. The van der Waals surface area contributed by atoms with Crippen molar-refractivity contribution in [3.8, 4) is 5.75 Å². The number of rotatable bonds is 10. The highest BCUT2D eigenvalue weighted by molar-refractivity contribution is 5.46. The van der Waals surface area contributed by atoms with E-state index in [4.69, 9.17) is 4.74 Å². The van der Waals surface area contributed by atoms with E-state index in [2.05, 4.69) is 36.2 Å². The minimum Gasteiger partial charge on any atom is -0.494 e. The third kappa shape index (κ3) is 6.48. The summed E-state index contributed by atoms with van der Waals surface area (Å²) in [4.78, 5) is 2.52. The molecule has 0 atom stereocenters. The molecule has 0 saturated carbocycles. The standard InChI is InChI=1S/C16H28N2O/c1-4-12-18(13-5-2)14-11-17-15-7-9-16(10-8-15)19-6-3/h7-10,17H,4-6,11-14H2,1-3H3. The van der Waals surface area contributed by atoms with Gasteiger partial charge in [0.2, 0.25) is 0 Å². The van der Waals surface area contributed by atoms with Crippen LogP contribution < -0.4 is 10.1 Å². The first kappa shape index (κ1) is 15.8. The van der Waals surface area contributed by atoms with E-state index in [1.165, 1.54) is 25.9 Å². The van der Waals surface area contributed by atoms with Gasteiger partial charge in [-0.15, -0.1) is 0 Å². The van der Waals surface area contributed by atoms with Crippen LogP contribution in [0.4, 0.5) is 5.69 Å². The first-order valence-corrected chi connectivity index (χ1v) is 7.49. The average Bonchev–Trinajstić information content (AvgIpc) is 2.41. The van der Waals surface area contributed by atoms with Crippen molar-refractivity contribution in [1.82, 2.24) is 4.90 Å². The molecule has 0 aliphatic heterocycles. The van der Waals surface area contributed by atoms with Gasteiger partial charge in [0, 0.05) is 18.8 Å². The maximum absolute atomic E-state index is 5.43. The zero-order valence-electron chi connectivity index (χ0n) is 12.6. The largest absolute Gasteiger partial charge is 0.494 e. The van der Waals surface area contributed by atoms with Crippen molar-refractivity contribution >= 4 is 5.69 Å². The van der Waals surface area contributed by atoms with Crippen molar-refractivity contribution in [2.24, 2.45) is 0 Å². The van der Waals surface area contributed by atoms with Gasteiger partial charge in [-0.3, -0.25) is 0 Å². The number of hydrogen-bond acceptors (Lipinski definition) is 3. The molecule has 1 aromatic rings. The molecule has 0 unspecified atom stereocenters. The molecule has 0 radical (unpaired) electrons. The first-order chi connectivity index (χ1) is 9.30. The van der Waals surface area contributed by atoms with Gasteiger partial charge in [0.05, 0.1) is 6.61 Å². The summed E-state index contributed by atoms with van der Waals surface area (Å²) in [5, 5.41) is 3.46. The van der Waals surface area contributed by atoms with E-state index < -0.39 is 0 Å². The molecule has 0 amide bonds. The van der Waals surface area contributed by atoms with Crippen LogP contribution in [-0.4, -0.2) is 37.7 Å². The van der Waals surface area contributed by atoms with Gasteiger partial charge >= 0.3 is 0 Å². The van der Waals surface area contributed by atoms with Gasteiger partial charge in [0.15, 0.2) is 0 Å². The minimum absolute atomic E-state index is 0.718. The van der Waals surface area contributed by atoms with Crippen LogP contribution in [0.5, 0.6) is 5.75 Å². The molecule has 3 nitrogen and oxygen atoms in total. The van der Waals surface area contributed by atoms with Crippen molar-refractivity contribution in [2.75, 3.05) is 38.1 Å². The molecule has 0 bridgehead atoms. The highest BCUT2D eigenvalue weighted by atomic mass is 16.5. The van der Waals surface area contributed by atoms with Crippen LogP contribution >= 0.6 is 0 Å². The van der Waals surface area contributed by atoms with E-state index in [1.54, 1.807) is 0 Å². The third-order valence-electron chi connectivity index (χ3n) is 3.00. The van der Waals surface area contributed by atoms with Gasteiger partial charge in [-0.25, -0.2) is 0 Å². The van der Waals surface area contributed by atoms with Crippen LogP contribution in [0.3, 0.4) is 0 Å². The second-order valence-corrected chi connectivity index (χ2v) is 4.73. The van der Waals surface area contributed by atoms with Crippen molar-refractivity contribution in [1.29, 1.82) is 0 Å². The monoisotopic (exact) mass is 264 g/mol. The smallest absolute Gasteiger partial charge is 0.119 e. The van der Waals surface area contributed by atoms with Crippen LogP contribution in [0.2, 0.25) is 0 Å². The van der Waals surface area contributed by atoms with Gasteiger partial charge < -0.3 is 15.0 Å². The van der Waals surface area contributed by atoms with Gasteiger partial charge in [-0.05, 0) is 57.1 Å². The highest BCUT2D eigenvalue weighted by Gasteiger charge is 2.01. The molecule has 0 saturated heterocycles. The van der Waals surface area contributed by atoms with Gasteiger partial charge in [-0.2, -0.15) is 0 Å². The molecule has 108 valence electrons. The summed E-state index contributed by atoms with van der Waals surface area (Å²) in [6.45, 7) is 11.7. The fraction of sp³-hybridized carbons (Fsp3) is 0.625. The second kappa shape index (κ2) is 9.68. The zero-order chi connectivity index (χ0) is 13.9. The molecule has 0 spiro atoms. The molecular weight excluding hydrogens is 236 g/mol. The number of benzene rings is 1. The van der Waals surface area contributed by atoms with Crippen LogP contribution in [-0.2, 0) is 0 Å². The molecule has 19 heavy (non-hydrogen) atoms. The summed E-state index contributed by atoms with van der Waals surface area (Å²) in [5.41, 5.74) is 1.16. The van der Waals surface area contributed by atoms with E-state index >= 15 is 0 Å². The van der Waals surface area contributed by atoms with Gasteiger partial charge in [0.1, 0.15) is 5.75 Å². The van der Waals surface area contributed by atoms with E-state index in [1.807, 2.05) is 19.1 Å². The van der Waals surface area contributed by atoms with Crippen molar-refractivity contribution in [3.63, 3.8) is 0 Å². The summed E-state index contributed by atoms with van der Waals surface area (Å²) in [6.07, 6.45) is 2.45. The highest BCUT2D eigenvalue weighted by Crippen LogP contribution is 2.15. The van der Waals surface area contributed by atoms with Gasteiger partial charge in [-0.1, -0.05) is 13.8 Å². The van der Waals surface area contributed by atoms with Crippen molar-refractivity contribution < 1.29 is 4.74 Å². The molecule has 0 aliphatic rings. The van der Waals surface area contributed by atoms with E-state index in [-0.39, 0.29) is 0 Å². The van der Waals surface area contributed by atoms with E-state index in [0.717, 1.165) is 31.1 Å². The summed E-state index contributed by atoms with van der Waals surface area (Å²) in [5.74, 6) is 0.937. The Hall–Kier alpha value is -1.22. The summed E-state index contributed by atoms with van der Waals surface area (Å²) in [6, 6.07) is 8.19. The lowest BCUT2D eigenvalue weighted by Crippen LogP contribution is -2.30. The Morgan fingerprint density at radius 3 is 2.11 bits per heavy atom. The Labute approximate surface area is 118 Å². The Bertz CT molecular complexity index is 318. The molecular formula is C16H28N2O. The molecule has 0 fully saturated rings. The third-order valence-corrected chi connectivity index (χ3v) is 3.00. The lowest BCUT2D eigenvalue weighted by atomic mass is 10.3. The predicted molar refractivity (Wildman–Crippen MR) is 83.1 cm³/mol. The second-order valence-electron chi connectivity index (χ2n) is 4.73. The molecule has 1 rings (SSSR count). The molecule has 0 aliphatic carbocycles. The molecule has 1 aromatic carbocycles. The fourth-order valence-electron chi connectivity index (χ4n) is 2.16. The van der Waals surface area contributed by atoms with Crippen molar-refractivity contribution in [3.05, 3.63) is 24.3 Å². The topological polar surface area (TPSA) is 24.5 Å². The number of ether oxygens (including phenoxy) is 1. The summed E-state index contributed by atoms with van der Waals surface area (Å²) < 4.78 is 5.43. The van der Waals surface area contributed by atoms with Crippen LogP contribution in [0.15, 0.2) is 24.3 Å². The quantitative estimate of drug-likeness (QED) is 0.698. The van der Waals surface area contributed by atoms with Crippen LogP contribution in [0.1, 0.15) is 33.6 Å². The fourth-order valence-corrected chi connectivity index (χ4v) is 2.16. The average molecular weight is 264 g/mol. The summed E-state index contributed by atoms with van der Waals surface area (Å²) >= 11 is 0. The maximum atomic E-state index is 5.43. The predicted octanol–water partition coefficient (Wildman–Crippen LogP) is 3.62. The normalized spacial score (nSPS) is 10.7. The number of nitrogens with one attached hydrogen (secondary N) is 1. The first-order valence-electron chi connectivity index (χ1n) is 7.49. The molecule has 3 heteroatoms. The lowest BCUT2D eigenvalue weighted by molar-refractivity contribution is 0.285. The number of nitrogens with zero attached hydrogens (tertiary/aromatic N) is 1. The SMILES string of the molecule is CCCN(CCC)CCNc1ccc(OCC)cc1. The Balaban J connectivity index is 2.30. The van der Waals surface area contributed by atoms with Crippen molar-refractivity contribution in [2.45, 2.75) is 33.6 Å². The van der Waals surface area contributed by atoms with Crippen LogP contribution in [0.25, 0.3) is 0 Å². The lowest BCUT2D eigenvalue weighted by Gasteiger charge is -2.21. The summed E-state index contributed by atoms with van der Waals surface area (Å²) in [7, 11) is 0. The Kier molecular flexibility index (Phi) is 8.07. The zero-order valence-corrected chi connectivity index (χ0v) is 12.6. The Morgan fingerprint density at radius 1 is 0.947 bits per heavy atom.